The molecule has 0 aliphatic carbocycles. The summed E-state index contributed by atoms with van der Waals surface area (Å²) in [4.78, 5) is 0. The maximum atomic E-state index is 8.67. The van der Waals surface area contributed by atoms with Gasteiger partial charge >= 0.3 is 0 Å². The van der Waals surface area contributed by atoms with Crippen LogP contribution in [-0.2, 0) is 13.0 Å². The Morgan fingerprint density at radius 3 is 2.38 bits per heavy atom. The lowest BCUT2D eigenvalue weighted by atomic mass is 10.2. The van der Waals surface area contributed by atoms with Gasteiger partial charge in [0.1, 0.15) is 18.1 Å². The Balaban J connectivity index is 0.00000144. The summed E-state index contributed by atoms with van der Waals surface area (Å²) in [5, 5.41) is 17.3. The highest BCUT2D eigenvalue weighted by atomic mass is 35.5. The summed E-state index contributed by atoms with van der Waals surface area (Å²) in [6, 6.07) is 3.16. The van der Waals surface area contributed by atoms with Crippen molar-refractivity contribution in [3.8, 4) is 0 Å². The van der Waals surface area contributed by atoms with Crippen molar-refractivity contribution >= 4 is 12.4 Å². The Bertz CT molecular complexity index is 239. The van der Waals surface area contributed by atoms with E-state index in [0.717, 1.165) is 0 Å². The van der Waals surface area contributed by atoms with Crippen LogP contribution in [0, 0.1) is 0 Å². The average Bonchev–Trinajstić information content (AvgIpc) is 2.52. The van der Waals surface area contributed by atoms with Gasteiger partial charge in [0, 0.05) is 12.5 Å². The molecule has 76 valence electrons. The van der Waals surface area contributed by atoms with Crippen LogP contribution in [0.4, 0.5) is 0 Å². The summed E-state index contributed by atoms with van der Waals surface area (Å²) in [6.45, 7) is -0.163. The zero-order valence-electron chi connectivity index (χ0n) is 7.14. The minimum absolute atomic E-state index is 0. The van der Waals surface area contributed by atoms with Crippen LogP contribution < -0.4 is 5.73 Å². The molecule has 0 saturated carbocycles. The summed E-state index contributed by atoms with van der Waals surface area (Å²) in [5.74, 6) is 1.22. The molecular formula is C8H14ClNO3. The van der Waals surface area contributed by atoms with Gasteiger partial charge in [-0.3, -0.25) is 0 Å². The Morgan fingerprint density at radius 1 is 1.31 bits per heavy atom. The maximum absolute atomic E-state index is 8.67. The lowest BCUT2D eigenvalue weighted by molar-refractivity contribution is 0.236. The fourth-order valence-corrected chi connectivity index (χ4v) is 0.940. The van der Waals surface area contributed by atoms with E-state index in [-0.39, 0.29) is 31.7 Å². The van der Waals surface area contributed by atoms with Crippen LogP contribution in [0.3, 0.4) is 0 Å². The van der Waals surface area contributed by atoms with Gasteiger partial charge in [-0.15, -0.1) is 12.4 Å². The quantitative estimate of drug-likeness (QED) is 0.652. The topological polar surface area (TPSA) is 79.6 Å². The van der Waals surface area contributed by atoms with Gasteiger partial charge in [0.05, 0.1) is 6.61 Å². The van der Waals surface area contributed by atoms with Crippen molar-refractivity contribution in [2.24, 2.45) is 5.73 Å². The first-order chi connectivity index (χ1) is 5.76. The SMILES string of the molecule is Cl.NC(CO)Cc1ccc(CO)o1. The largest absolute Gasteiger partial charge is 0.464 e. The second kappa shape index (κ2) is 5.99. The number of aliphatic hydroxyl groups excluding tert-OH is 2. The van der Waals surface area contributed by atoms with E-state index in [1.807, 2.05) is 0 Å². The lowest BCUT2D eigenvalue weighted by Gasteiger charge is -2.03. The first-order valence-electron chi connectivity index (χ1n) is 3.81. The summed E-state index contributed by atoms with van der Waals surface area (Å²) < 4.78 is 5.16. The number of furan rings is 1. The van der Waals surface area contributed by atoms with E-state index in [1.54, 1.807) is 12.1 Å². The predicted octanol–water partition coefficient (Wildman–Crippen LogP) is 0.0558. The van der Waals surface area contributed by atoms with Crippen LogP contribution >= 0.6 is 12.4 Å². The van der Waals surface area contributed by atoms with Crippen LogP contribution in [0.5, 0.6) is 0 Å². The highest BCUT2D eigenvalue weighted by Crippen LogP contribution is 2.09. The third kappa shape index (κ3) is 3.78. The molecule has 1 rings (SSSR count). The summed E-state index contributed by atoms with van der Waals surface area (Å²) in [7, 11) is 0. The van der Waals surface area contributed by atoms with Gasteiger partial charge in [-0.2, -0.15) is 0 Å². The van der Waals surface area contributed by atoms with Gasteiger partial charge in [-0.1, -0.05) is 0 Å². The van der Waals surface area contributed by atoms with E-state index >= 15 is 0 Å². The van der Waals surface area contributed by atoms with Gasteiger partial charge in [-0.05, 0) is 12.1 Å². The van der Waals surface area contributed by atoms with E-state index < -0.39 is 0 Å². The molecule has 0 aliphatic heterocycles. The average molecular weight is 208 g/mol. The molecule has 5 heteroatoms. The van der Waals surface area contributed by atoms with E-state index in [4.69, 9.17) is 20.4 Å². The van der Waals surface area contributed by atoms with Crippen molar-refractivity contribution in [2.75, 3.05) is 6.61 Å². The molecule has 0 spiro atoms. The molecule has 1 heterocycles. The van der Waals surface area contributed by atoms with Crippen molar-refractivity contribution in [3.05, 3.63) is 23.7 Å². The van der Waals surface area contributed by atoms with Gasteiger partial charge < -0.3 is 20.4 Å². The lowest BCUT2D eigenvalue weighted by Crippen LogP contribution is -2.26. The standard InChI is InChI=1S/C8H13NO3.ClH/c9-6(4-10)3-7-1-2-8(5-11)12-7;/h1-2,6,10-11H,3-5,9H2;1H. The van der Waals surface area contributed by atoms with Crippen molar-refractivity contribution in [1.29, 1.82) is 0 Å². The van der Waals surface area contributed by atoms with Crippen molar-refractivity contribution in [3.63, 3.8) is 0 Å². The fourth-order valence-electron chi connectivity index (χ4n) is 0.940. The zero-order chi connectivity index (χ0) is 8.97. The fraction of sp³-hybridized carbons (Fsp3) is 0.500. The third-order valence-electron chi connectivity index (χ3n) is 1.57. The molecule has 0 saturated heterocycles. The summed E-state index contributed by atoms with van der Waals surface area (Å²) >= 11 is 0. The van der Waals surface area contributed by atoms with E-state index in [9.17, 15) is 0 Å². The Morgan fingerprint density at radius 2 is 1.92 bits per heavy atom. The van der Waals surface area contributed by atoms with E-state index in [2.05, 4.69) is 0 Å². The highest BCUT2D eigenvalue weighted by Gasteiger charge is 2.06. The number of aliphatic hydroxyl groups is 2. The van der Waals surface area contributed by atoms with Gasteiger partial charge in [0.15, 0.2) is 0 Å². The summed E-state index contributed by atoms with van der Waals surface area (Å²) in [5.41, 5.74) is 5.48. The molecule has 4 nitrogen and oxygen atoms in total. The molecule has 0 fully saturated rings. The molecule has 0 aliphatic rings. The maximum Gasteiger partial charge on any atom is 0.129 e. The van der Waals surface area contributed by atoms with Crippen LogP contribution in [0.25, 0.3) is 0 Å². The predicted molar refractivity (Wildman–Crippen MR) is 50.6 cm³/mol. The van der Waals surface area contributed by atoms with E-state index in [1.165, 1.54) is 0 Å². The minimum atomic E-state index is -0.289. The van der Waals surface area contributed by atoms with Crippen LogP contribution in [0.1, 0.15) is 11.5 Å². The van der Waals surface area contributed by atoms with Crippen molar-refractivity contribution in [1.82, 2.24) is 0 Å². The number of hydrogen-bond acceptors (Lipinski definition) is 4. The molecule has 1 atom stereocenters. The molecular weight excluding hydrogens is 194 g/mol. The minimum Gasteiger partial charge on any atom is -0.464 e. The molecule has 0 amide bonds. The Kier molecular flexibility index (Phi) is 5.73. The van der Waals surface area contributed by atoms with Crippen molar-refractivity contribution in [2.45, 2.75) is 19.1 Å². The van der Waals surface area contributed by atoms with Crippen LogP contribution in [0.15, 0.2) is 16.5 Å². The van der Waals surface area contributed by atoms with Gasteiger partial charge in [-0.25, -0.2) is 0 Å². The van der Waals surface area contributed by atoms with Crippen LogP contribution in [0.2, 0.25) is 0 Å². The zero-order valence-corrected chi connectivity index (χ0v) is 7.96. The second-order valence-electron chi connectivity index (χ2n) is 2.67. The molecule has 13 heavy (non-hydrogen) atoms. The second-order valence-corrected chi connectivity index (χ2v) is 2.67. The Hall–Kier alpha value is -0.550. The normalized spacial score (nSPS) is 12.2. The Labute approximate surface area is 82.8 Å². The molecule has 1 aromatic heterocycles. The molecule has 0 aromatic carbocycles. The number of halogens is 1. The summed E-state index contributed by atoms with van der Waals surface area (Å²) in [6.07, 6.45) is 0.497. The monoisotopic (exact) mass is 207 g/mol. The first-order valence-corrected chi connectivity index (χ1v) is 3.81. The van der Waals surface area contributed by atoms with E-state index in [0.29, 0.717) is 17.9 Å². The highest BCUT2D eigenvalue weighted by molar-refractivity contribution is 5.85. The van der Waals surface area contributed by atoms with Gasteiger partial charge in [0.25, 0.3) is 0 Å². The van der Waals surface area contributed by atoms with Crippen LogP contribution in [-0.4, -0.2) is 22.9 Å². The molecule has 0 bridgehead atoms. The number of nitrogens with two attached hydrogens (primary N) is 1. The molecule has 1 aromatic rings. The molecule has 0 radical (unpaired) electrons. The number of rotatable bonds is 4. The first kappa shape index (κ1) is 12.4. The molecule has 4 N–H and O–H groups in total. The molecule has 1 unspecified atom stereocenters. The van der Waals surface area contributed by atoms with Gasteiger partial charge in [0.2, 0.25) is 0 Å². The smallest absolute Gasteiger partial charge is 0.129 e. The third-order valence-corrected chi connectivity index (χ3v) is 1.57. The van der Waals surface area contributed by atoms with Crippen molar-refractivity contribution < 1.29 is 14.6 Å². The number of hydrogen-bond donors (Lipinski definition) is 3.